The average Bonchev–Trinajstić information content (AvgIpc) is 3.26. The van der Waals surface area contributed by atoms with E-state index in [0.717, 1.165) is 10.4 Å². The highest BCUT2D eigenvalue weighted by atomic mass is 35.5. The standard InChI is InChI=1S/C16H13ClN4O2S2/c1-23-16(22)20-14-13(12-7-4-8-24-12)19-15(25-14)21-18-9-10-5-2-3-6-11(10)17/h2-9H,1H3,(H,19,21)(H,20,22)/b18-9-. The van der Waals surface area contributed by atoms with Gasteiger partial charge in [0, 0.05) is 10.6 Å². The molecule has 128 valence electrons. The lowest BCUT2D eigenvalue weighted by Crippen LogP contribution is -2.10. The fraction of sp³-hybridized carbons (Fsp3) is 0.0625. The zero-order chi connectivity index (χ0) is 17.6. The molecule has 0 saturated carbocycles. The summed E-state index contributed by atoms with van der Waals surface area (Å²) in [6, 6.07) is 11.2. The van der Waals surface area contributed by atoms with E-state index in [-0.39, 0.29) is 0 Å². The van der Waals surface area contributed by atoms with Crippen LogP contribution in [0.1, 0.15) is 5.56 Å². The first-order valence-corrected chi connectivity index (χ1v) is 9.18. The molecule has 6 nitrogen and oxygen atoms in total. The Labute approximate surface area is 157 Å². The number of ether oxygens (including phenoxy) is 1. The number of nitrogens with zero attached hydrogens (tertiary/aromatic N) is 2. The molecule has 0 spiro atoms. The number of benzene rings is 1. The molecule has 0 radical (unpaired) electrons. The van der Waals surface area contributed by atoms with Crippen molar-refractivity contribution in [1.82, 2.24) is 4.98 Å². The molecule has 0 unspecified atom stereocenters. The van der Waals surface area contributed by atoms with Gasteiger partial charge in [-0.15, -0.1) is 11.3 Å². The molecule has 25 heavy (non-hydrogen) atoms. The number of methoxy groups -OCH3 is 1. The molecule has 0 aliphatic heterocycles. The van der Waals surface area contributed by atoms with Crippen LogP contribution in [0, 0.1) is 0 Å². The third kappa shape index (κ3) is 4.36. The van der Waals surface area contributed by atoms with Crippen LogP contribution in [0.5, 0.6) is 0 Å². The van der Waals surface area contributed by atoms with Gasteiger partial charge in [-0.2, -0.15) is 5.10 Å². The van der Waals surface area contributed by atoms with Gasteiger partial charge >= 0.3 is 6.09 Å². The van der Waals surface area contributed by atoms with Crippen molar-refractivity contribution in [2.24, 2.45) is 5.10 Å². The van der Waals surface area contributed by atoms with E-state index in [4.69, 9.17) is 11.6 Å². The van der Waals surface area contributed by atoms with E-state index in [1.807, 2.05) is 35.7 Å². The molecular weight excluding hydrogens is 380 g/mol. The summed E-state index contributed by atoms with van der Waals surface area (Å²) in [6.45, 7) is 0. The maximum Gasteiger partial charge on any atom is 0.412 e. The second-order valence-corrected chi connectivity index (χ2v) is 7.04. The molecule has 0 bridgehead atoms. The summed E-state index contributed by atoms with van der Waals surface area (Å²) in [7, 11) is 1.31. The van der Waals surface area contributed by atoms with Crippen LogP contribution in [0.4, 0.5) is 14.9 Å². The van der Waals surface area contributed by atoms with Crippen molar-refractivity contribution in [1.29, 1.82) is 0 Å². The first-order chi connectivity index (χ1) is 12.2. The minimum atomic E-state index is -0.549. The van der Waals surface area contributed by atoms with Crippen molar-refractivity contribution in [3.05, 3.63) is 52.4 Å². The maximum absolute atomic E-state index is 11.5. The molecule has 3 rings (SSSR count). The van der Waals surface area contributed by atoms with Crippen molar-refractivity contribution in [3.63, 3.8) is 0 Å². The molecular formula is C16H13ClN4O2S2. The molecule has 3 aromatic rings. The van der Waals surface area contributed by atoms with Crippen molar-refractivity contribution in [2.45, 2.75) is 0 Å². The van der Waals surface area contributed by atoms with Crippen LogP contribution in [0.2, 0.25) is 5.02 Å². The number of hydrazone groups is 1. The van der Waals surface area contributed by atoms with E-state index in [2.05, 4.69) is 25.6 Å². The highest BCUT2D eigenvalue weighted by Gasteiger charge is 2.16. The number of hydrogen-bond acceptors (Lipinski definition) is 7. The van der Waals surface area contributed by atoms with Gasteiger partial charge in [-0.1, -0.05) is 47.2 Å². The Morgan fingerprint density at radius 3 is 2.88 bits per heavy atom. The Morgan fingerprint density at radius 2 is 2.16 bits per heavy atom. The highest BCUT2D eigenvalue weighted by molar-refractivity contribution is 7.21. The quantitative estimate of drug-likeness (QED) is 0.465. The number of anilines is 2. The minimum absolute atomic E-state index is 0.540. The van der Waals surface area contributed by atoms with Crippen molar-refractivity contribution < 1.29 is 9.53 Å². The van der Waals surface area contributed by atoms with Gasteiger partial charge in [0.1, 0.15) is 10.7 Å². The van der Waals surface area contributed by atoms with Crippen molar-refractivity contribution in [3.8, 4) is 10.6 Å². The lowest BCUT2D eigenvalue weighted by molar-refractivity contribution is 0.187. The molecule has 0 aliphatic carbocycles. The van der Waals surface area contributed by atoms with Crippen molar-refractivity contribution in [2.75, 3.05) is 17.9 Å². The Hall–Kier alpha value is -2.42. The Bertz CT molecular complexity index is 893. The highest BCUT2D eigenvalue weighted by Crippen LogP contribution is 2.38. The summed E-state index contributed by atoms with van der Waals surface area (Å²) in [6.07, 6.45) is 1.06. The molecule has 1 amide bonds. The third-order valence-corrected chi connectivity index (χ3v) is 5.15. The number of carbonyl (C=O) groups excluding carboxylic acids is 1. The predicted octanol–water partition coefficient (Wildman–Crippen LogP) is 5.15. The Kier molecular flexibility index (Phi) is 5.64. The van der Waals surface area contributed by atoms with Gasteiger partial charge in [0.25, 0.3) is 0 Å². The summed E-state index contributed by atoms with van der Waals surface area (Å²) < 4.78 is 4.66. The first-order valence-electron chi connectivity index (χ1n) is 7.10. The Morgan fingerprint density at radius 1 is 1.32 bits per heavy atom. The minimum Gasteiger partial charge on any atom is -0.453 e. The average molecular weight is 393 g/mol. The van der Waals surface area contributed by atoms with E-state index in [0.29, 0.717) is 20.8 Å². The molecule has 9 heteroatoms. The number of thiophene rings is 1. The van der Waals surface area contributed by atoms with E-state index in [1.54, 1.807) is 12.3 Å². The number of thiazole rings is 1. The van der Waals surface area contributed by atoms with Gasteiger partial charge in [0.05, 0.1) is 18.2 Å². The summed E-state index contributed by atoms with van der Waals surface area (Å²) in [5.74, 6) is 0. The second-order valence-electron chi connectivity index (χ2n) is 4.68. The van der Waals surface area contributed by atoms with Gasteiger partial charge in [0.15, 0.2) is 0 Å². The largest absolute Gasteiger partial charge is 0.453 e. The predicted molar refractivity (Wildman–Crippen MR) is 104 cm³/mol. The summed E-state index contributed by atoms with van der Waals surface area (Å²) in [5.41, 5.74) is 4.32. The van der Waals surface area contributed by atoms with Crippen molar-refractivity contribution >= 4 is 56.7 Å². The summed E-state index contributed by atoms with van der Waals surface area (Å²) >= 11 is 8.88. The number of amides is 1. The normalized spacial score (nSPS) is 10.8. The monoisotopic (exact) mass is 392 g/mol. The zero-order valence-corrected chi connectivity index (χ0v) is 15.4. The topological polar surface area (TPSA) is 75.6 Å². The molecule has 2 aromatic heterocycles. The molecule has 2 heterocycles. The van der Waals surface area contributed by atoms with Gasteiger partial charge in [0.2, 0.25) is 5.13 Å². The second kappa shape index (κ2) is 8.11. The summed E-state index contributed by atoms with van der Waals surface area (Å²) in [5, 5.41) is 10.5. The number of rotatable bonds is 5. The van der Waals surface area contributed by atoms with Crippen LogP contribution in [0.25, 0.3) is 10.6 Å². The van der Waals surface area contributed by atoms with E-state index in [9.17, 15) is 4.79 Å². The SMILES string of the molecule is COC(=O)Nc1sc(N/N=C\c2ccccc2Cl)nc1-c1cccs1. The third-order valence-electron chi connectivity index (χ3n) is 3.05. The van der Waals surface area contributed by atoms with Crippen LogP contribution in [0.3, 0.4) is 0 Å². The van der Waals surface area contributed by atoms with E-state index < -0.39 is 6.09 Å². The lowest BCUT2D eigenvalue weighted by atomic mass is 10.2. The first kappa shape index (κ1) is 17.4. The van der Waals surface area contributed by atoms with Crippen LogP contribution in [0.15, 0.2) is 46.9 Å². The van der Waals surface area contributed by atoms with Crippen LogP contribution in [-0.4, -0.2) is 24.4 Å². The molecule has 1 aromatic carbocycles. The van der Waals surface area contributed by atoms with Gasteiger partial charge in [-0.25, -0.2) is 9.78 Å². The van der Waals surface area contributed by atoms with Crippen LogP contribution in [-0.2, 0) is 4.74 Å². The fourth-order valence-corrected chi connectivity index (χ4v) is 3.70. The smallest absolute Gasteiger partial charge is 0.412 e. The molecule has 0 fully saturated rings. The molecule has 0 atom stereocenters. The van der Waals surface area contributed by atoms with Gasteiger partial charge in [-0.05, 0) is 17.5 Å². The number of halogens is 1. The number of hydrogen-bond donors (Lipinski definition) is 2. The number of carbonyl (C=O) groups is 1. The van der Waals surface area contributed by atoms with Crippen LogP contribution >= 0.6 is 34.3 Å². The fourth-order valence-electron chi connectivity index (χ4n) is 1.91. The number of nitrogens with one attached hydrogen (secondary N) is 2. The number of aromatic nitrogens is 1. The molecule has 0 aliphatic rings. The van der Waals surface area contributed by atoms with Crippen LogP contribution < -0.4 is 10.7 Å². The zero-order valence-electron chi connectivity index (χ0n) is 13.0. The van der Waals surface area contributed by atoms with E-state index in [1.165, 1.54) is 29.8 Å². The van der Waals surface area contributed by atoms with Gasteiger partial charge < -0.3 is 4.74 Å². The molecule has 2 N–H and O–H groups in total. The maximum atomic E-state index is 11.5. The summed E-state index contributed by atoms with van der Waals surface area (Å²) in [4.78, 5) is 17.0. The van der Waals surface area contributed by atoms with E-state index >= 15 is 0 Å². The Balaban J connectivity index is 1.81. The van der Waals surface area contributed by atoms with Gasteiger partial charge in [-0.3, -0.25) is 10.7 Å². The molecule has 0 saturated heterocycles. The lowest BCUT2D eigenvalue weighted by Gasteiger charge is -2.01.